The van der Waals surface area contributed by atoms with Gasteiger partial charge in [-0.2, -0.15) is 0 Å². The van der Waals surface area contributed by atoms with Crippen LogP contribution in [0.25, 0.3) is 0 Å². The van der Waals surface area contributed by atoms with Crippen molar-refractivity contribution in [3.8, 4) is 0 Å². The summed E-state index contributed by atoms with van der Waals surface area (Å²) in [5, 5.41) is 7.31. The molecular formula is C26H38N2O5. The van der Waals surface area contributed by atoms with Crippen LogP contribution in [0.2, 0.25) is 0 Å². The van der Waals surface area contributed by atoms with Gasteiger partial charge in [0.15, 0.2) is 6.10 Å². The molecule has 1 aliphatic heterocycles. The first-order chi connectivity index (χ1) is 15.8. The quantitative estimate of drug-likeness (QED) is 0.553. The largest absolute Gasteiger partial charge is 0.465 e. The molecule has 1 aromatic rings. The Bertz CT molecular complexity index is 812. The lowest BCUT2D eigenvalue weighted by Gasteiger charge is -2.29. The van der Waals surface area contributed by atoms with E-state index in [-0.39, 0.29) is 12.6 Å². The molecule has 1 saturated carbocycles. The van der Waals surface area contributed by atoms with Crippen molar-refractivity contribution in [3.63, 3.8) is 0 Å². The molecule has 7 nitrogen and oxygen atoms in total. The summed E-state index contributed by atoms with van der Waals surface area (Å²) in [5.74, 6) is -0.489. The lowest BCUT2D eigenvalue weighted by molar-refractivity contribution is -0.149. The van der Waals surface area contributed by atoms with E-state index in [2.05, 4.69) is 10.5 Å². The zero-order valence-corrected chi connectivity index (χ0v) is 20.3. The number of nitrogens with one attached hydrogen (secondary N) is 1. The maximum absolute atomic E-state index is 13.1. The number of nitrogens with zero attached hydrogens (tertiary/aromatic N) is 1. The molecule has 33 heavy (non-hydrogen) atoms. The minimum Gasteiger partial charge on any atom is -0.465 e. The van der Waals surface area contributed by atoms with Gasteiger partial charge in [-0.1, -0.05) is 67.6 Å². The highest BCUT2D eigenvalue weighted by molar-refractivity contribution is 6.03. The standard InChI is InChI=1S/C26H38N2O5/c1-5-31-24(29)22-20(16-18-12-8-6-9-13-18)28-33-23(22)21(17-19-14-10-7-11-15-19)27-25(30)32-26(2,3)4/h7,10-11,14-15,18,21-23H,5-6,8-9,12-13,16-17H2,1-4H3,(H,27,30)/t21-,22+,23-/m0/s1. The molecule has 0 radical (unpaired) electrons. The SMILES string of the molecule is CCOC(=O)[C@@H]1C(CC2CCCCC2)=NO[C@H]1[C@H](Cc1ccccc1)NC(=O)OC(C)(C)C. The Balaban J connectivity index is 1.82. The molecule has 0 saturated heterocycles. The zero-order chi connectivity index (χ0) is 23.8. The number of benzene rings is 1. The second-order valence-corrected chi connectivity index (χ2v) is 10.0. The van der Waals surface area contributed by atoms with Gasteiger partial charge in [0.05, 0.1) is 18.4 Å². The molecule has 3 rings (SSSR count). The Morgan fingerprint density at radius 3 is 2.48 bits per heavy atom. The van der Waals surface area contributed by atoms with Gasteiger partial charge in [0.2, 0.25) is 0 Å². The molecule has 0 bridgehead atoms. The second-order valence-electron chi connectivity index (χ2n) is 10.0. The summed E-state index contributed by atoms with van der Waals surface area (Å²) in [4.78, 5) is 31.6. The Kier molecular flexibility index (Phi) is 8.75. The van der Waals surface area contributed by atoms with Crippen molar-refractivity contribution in [3.05, 3.63) is 35.9 Å². The van der Waals surface area contributed by atoms with Crippen LogP contribution >= 0.6 is 0 Å². The zero-order valence-electron chi connectivity index (χ0n) is 20.3. The number of carbonyl (C=O) groups is 2. The predicted molar refractivity (Wildman–Crippen MR) is 127 cm³/mol. The second kappa shape index (κ2) is 11.5. The highest BCUT2D eigenvalue weighted by atomic mass is 16.6. The number of esters is 1. The van der Waals surface area contributed by atoms with Gasteiger partial charge in [0.25, 0.3) is 0 Å². The van der Waals surface area contributed by atoms with Crippen LogP contribution in [0.15, 0.2) is 35.5 Å². The maximum Gasteiger partial charge on any atom is 0.408 e. The van der Waals surface area contributed by atoms with Crippen LogP contribution in [0.4, 0.5) is 4.79 Å². The van der Waals surface area contributed by atoms with Gasteiger partial charge in [-0.25, -0.2) is 4.79 Å². The normalized spacial score (nSPS) is 22.1. The third kappa shape index (κ3) is 7.47. The molecule has 2 aliphatic rings. The van der Waals surface area contributed by atoms with E-state index in [1.165, 1.54) is 19.3 Å². The van der Waals surface area contributed by atoms with Crippen LogP contribution in [0.1, 0.15) is 71.8 Å². The molecule has 0 spiro atoms. The van der Waals surface area contributed by atoms with Crippen LogP contribution in [-0.4, -0.2) is 42.1 Å². The Hall–Kier alpha value is -2.57. The summed E-state index contributed by atoms with van der Waals surface area (Å²) in [5.41, 5.74) is 1.11. The van der Waals surface area contributed by atoms with Gasteiger partial charge in [-0.05, 0) is 52.0 Å². The number of hydrogen-bond acceptors (Lipinski definition) is 6. The average molecular weight is 459 g/mol. The maximum atomic E-state index is 13.1. The summed E-state index contributed by atoms with van der Waals surface area (Å²) < 4.78 is 10.9. The first-order valence-corrected chi connectivity index (χ1v) is 12.2. The molecule has 7 heteroatoms. The summed E-state index contributed by atoms with van der Waals surface area (Å²) >= 11 is 0. The number of oxime groups is 1. The van der Waals surface area contributed by atoms with Crippen LogP contribution in [0.5, 0.6) is 0 Å². The number of carbonyl (C=O) groups excluding carboxylic acids is 2. The fourth-order valence-corrected chi connectivity index (χ4v) is 4.67. The van der Waals surface area contributed by atoms with E-state index in [4.69, 9.17) is 14.3 Å². The van der Waals surface area contributed by atoms with Crippen molar-refractivity contribution in [2.24, 2.45) is 17.0 Å². The smallest absolute Gasteiger partial charge is 0.408 e. The molecule has 1 aromatic carbocycles. The van der Waals surface area contributed by atoms with Gasteiger partial charge in [0.1, 0.15) is 11.5 Å². The van der Waals surface area contributed by atoms with Crippen LogP contribution < -0.4 is 5.32 Å². The summed E-state index contributed by atoms with van der Waals surface area (Å²) in [6.07, 6.45) is 5.98. The molecule has 1 fully saturated rings. The number of rotatable bonds is 8. The lowest BCUT2D eigenvalue weighted by atomic mass is 9.81. The Morgan fingerprint density at radius 2 is 1.85 bits per heavy atom. The van der Waals surface area contributed by atoms with Gasteiger partial charge < -0.3 is 19.6 Å². The van der Waals surface area contributed by atoms with Crippen molar-refractivity contribution < 1.29 is 23.9 Å². The van der Waals surface area contributed by atoms with Gasteiger partial charge in [-0.3, -0.25) is 4.79 Å². The van der Waals surface area contributed by atoms with E-state index in [1.807, 2.05) is 51.1 Å². The van der Waals surface area contributed by atoms with Crippen molar-refractivity contribution in [1.82, 2.24) is 5.32 Å². The van der Waals surface area contributed by atoms with Gasteiger partial charge in [0, 0.05) is 0 Å². The first kappa shape index (κ1) is 25.1. The highest BCUT2D eigenvalue weighted by Crippen LogP contribution is 2.33. The molecule has 1 N–H and O–H groups in total. The Morgan fingerprint density at radius 1 is 1.15 bits per heavy atom. The first-order valence-electron chi connectivity index (χ1n) is 12.2. The monoisotopic (exact) mass is 458 g/mol. The topological polar surface area (TPSA) is 86.2 Å². The fraction of sp³-hybridized carbons (Fsp3) is 0.654. The molecule has 1 amide bonds. The molecule has 0 unspecified atom stereocenters. The number of ether oxygens (including phenoxy) is 2. The van der Waals surface area contributed by atoms with E-state index in [9.17, 15) is 9.59 Å². The molecular weight excluding hydrogens is 420 g/mol. The molecule has 1 aliphatic carbocycles. The predicted octanol–water partition coefficient (Wildman–Crippen LogP) is 5.03. The molecule has 0 aromatic heterocycles. The van der Waals surface area contributed by atoms with Crippen molar-refractivity contribution in [2.75, 3.05) is 6.61 Å². The van der Waals surface area contributed by atoms with Gasteiger partial charge in [-0.15, -0.1) is 0 Å². The number of hydrogen-bond donors (Lipinski definition) is 1. The van der Waals surface area contributed by atoms with E-state index in [0.717, 1.165) is 30.5 Å². The number of amides is 1. The van der Waals surface area contributed by atoms with E-state index < -0.39 is 29.8 Å². The van der Waals surface area contributed by atoms with E-state index in [0.29, 0.717) is 12.3 Å². The third-order valence-electron chi connectivity index (χ3n) is 6.14. The van der Waals surface area contributed by atoms with Crippen molar-refractivity contribution in [2.45, 2.75) is 90.4 Å². The average Bonchev–Trinajstić information content (AvgIpc) is 3.17. The lowest BCUT2D eigenvalue weighted by Crippen LogP contribution is -2.51. The van der Waals surface area contributed by atoms with Crippen LogP contribution in [0, 0.1) is 11.8 Å². The van der Waals surface area contributed by atoms with Crippen LogP contribution in [-0.2, 0) is 25.5 Å². The van der Waals surface area contributed by atoms with E-state index in [1.54, 1.807) is 6.92 Å². The van der Waals surface area contributed by atoms with Gasteiger partial charge >= 0.3 is 12.1 Å². The number of alkyl carbamates (subject to hydrolysis) is 1. The van der Waals surface area contributed by atoms with Crippen molar-refractivity contribution in [1.29, 1.82) is 0 Å². The molecule has 1 heterocycles. The Labute approximate surface area is 197 Å². The highest BCUT2D eigenvalue weighted by Gasteiger charge is 2.46. The minimum atomic E-state index is -0.657. The molecule has 3 atom stereocenters. The molecule has 182 valence electrons. The third-order valence-corrected chi connectivity index (χ3v) is 6.14. The minimum absolute atomic E-state index is 0.279. The van der Waals surface area contributed by atoms with Crippen molar-refractivity contribution >= 4 is 17.8 Å². The van der Waals surface area contributed by atoms with E-state index >= 15 is 0 Å². The summed E-state index contributed by atoms with van der Waals surface area (Å²) in [6.45, 7) is 7.52. The fourth-order valence-electron chi connectivity index (χ4n) is 4.67. The summed E-state index contributed by atoms with van der Waals surface area (Å²) in [7, 11) is 0. The van der Waals surface area contributed by atoms with Crippen LogP contribution in [0.3, 0.4) is 0 Å². The summed E-state index contributed by atoms with van der Waals surface area (Å²) in [6, 6.07) is 9.30.